The van der Waals surface area contributed by atoms with E-state index in [1.54, 1.807) is 12.1 Å². The summed E-state index contributed by atoms with van der Waals surface area (Å²) >= 11 is 3.04. The van der Waals surface area contributed by atoms with Gasteiger partial charge in [-0.2, -0.15) is 0 Å². The Hall–Kier alpha value is -0.440. The lowest BCUT2D eigenvalue weighted by Gasteiger charge is -2.03. The quantitative estimate of drug-likeness (QED) is 0.706. The smallest absolute Gasteiger partial charge is 0.123 e. The highest BCUT2D eigenvalue weighted by atomic mass is 79.9. The fourth-order valence-corrected chi connectivity index (χ4v) is 1.16. The van der Waals surface area contributed by atoms with E-state index in [1.807, 2.05) is 0 Å². The highest BCUT2D eigenvalue weighted by Crippen LogP contribution is 2.09. The van der Waals surface area contributed by atoms with Crippen LogP contribution in [0.3, 0.4) is 0 Å². The van der Waals surface area contributed by atoms with E-state index in [-0.39, 0.29) is 5.82 Å². The Balaban J connectivity index is 2.58. The van der Waals surface area contributed by atoms with E-state index in [9.17, 15) is 8.78 Å². The van der Waals surface area contributed by atoms with Gasteiger partial charge in [0.25, 0.3) is 0 Å². The first-order valence-electron chi connectivity index (χ1n) is 3.67. The molecule has 0 unspecified atom stereocenters. The minimum atomic E-state index is -0.893. The van der Waals surface area contributed by atoms with Crippen LogP contribution in [0.4, 0.5) is 8.78 Å². The highest BCUT2D eigenvalue weighted by molar-refractivity contribution is 9.09. The van der Waals surface area contributed by atoms with Crippen LogP contribution in [-0.4, -0.2) is 11.5 Å². The number of halogens is 3. The zero-order valence-electron chi connectivity index (χ0n) is 6.43. The van der Waals surface area contributed by atoms with Crippen molar-refractivity contribution >= 4 is 15.9 Å². The summed E-state index contributed by atoms with van der Waals surface area (Å²) in [6.07, 6.45) is -0.554. The van der Waals surface area contributed by atoms with E-state index >= 15 is 0 Å². The van der Waals surface area contributed by atoms with Gasteiger partial charge in [0.1, 0.15) is 12.0 Å². The summed E-state index contributed by atoms with van der Waals surface area (Å²) < 4.78 is 25.2. The molecule has 0 aliphatic heterocycles. The number of hydrogen-bond donors (Lipinski definition) is 0. The molecule has 0 nitrogen and oxygen atoms in total. The Morgan fingerprint density at radius 1 is 1.25 bits per heavy atom. The van der Waals surface area contributed by atoms with Gasteiger partial charge in [-0.25, -0.2) is 8.78 Å². The maximum atomic E-state index is 12.8. The molecular formula is C9H9BrF2. The Morgan fingerprint density at radius 2 is 1.83 bits per heavy atom. The Labute approximate surface area is 78.7 Å². The molecule has 0 radical (unpaired) electrons. The molecule has 3 heteroatoms. The van der Waals surface area contributed by atoms with Crippen LogP contribution >= 0.6 is 15.9 Å². The molecule has 12 heavy (non-hydrogen) atoms. The van der Waals surface area contributed by atoms with Crippen LogP contribution in [0, 0.1) is 5.82 Å². The van der Waals surface area contributed by atoms with Crippen molar-refractivity contribution in [2.24, 2.45) is 0 Å². The van der Waals surface area contributed by atoms with Crippen molar-refractivity contribution < 1.29 is 8.78 Å². The van der Waals surface area contributed by atoms with Crippen LogP contribution in [0.15, 0.2) is 24.3 Å². The fourth-order valence-electron chi connectivity index (χ4n) is 0.931. The first-order chi connectivity index (χ1) is 5.72. The Bertz CT molecular complexity index is 233. The molecule has 0 saturated carbocycles. The first-order valence-corrected chi connectivity index (χ1v) is 4.79. The van der Waals surface area contributed by atoms with Crippen LogP contribution in [0.25, 0.3) is 0 Å². The van der Waals surface area contributed by atoms with Crippen molar-refractivity contribution in [2.75, 3.05) is 5.33 Å². The van der Waals surface area contributed by atoms with E-state index in [2.05, 4.69) is 15.9 Å². The number of hydrogen-bond acceptors (Lipinski definition) is 0. The lowest BCUT2D eigenvalue weighted by Crippen LogP contribution is -2.05. The molecule has 0 fully saturated rings. The number of alkyl halides is 2. The summed E-state index contributed by atoms with van der Waals surface area (Å²) in [5, 5.41) is 0.324. The zero-order chi connectivity index (χ0) is 8.97. The van der Waals surface area contributed by atoms with Gasteiger partial charge in [0.2, 0.25) is 0 Å². The normalized spacial score (nSPS) is 12.9. The summed E-state index contributed by atoms with van der Waals surface area (Å²) in [6.45, 7) is 0. The third-order valence-electron chi connectivity index (χ3n) is 1.54. The van der Waals surface area contributed by atoms with Crippen LogP contribution in [-0.2, 0) is 6.42 Å². The molecule has 0 amide bonds. The molecule has 0 spiro atoms. The fraction of sp³-hybridized carbons (Fsp3) is 0.333. The molecule has 0 aliphatic rings. The van der Waals surface area contributed by atoms with E-state index in [0.29, 0.717) is 11.8 Å². The van der Waals surface area contributed by atoms with E-state index in [0.717, 1.165) is 5.56 Å². The van der Waals surface area contributed by atoms with Gasteiger partial charge in [-0.15, -0.1) is 0 Å². The predicted octanol–water partition coefficient (Wildman–Crippen LogP) is 3.10. The number of rotatable bonds is 3. The van der Waals surface area contributed by atoms with Crippen molar-refractivity contribution in [1.82, 2.24) is 0 Å². The Morgan fingerprint density at radius 3 is 2.33 bits per heavy atom. The van der Waals surface area contributed by atoms with E-state index in [4.69, 9.17) is 0 Å². The summed E-state index contributed by atoms with van der Waals surface area (Å²) in [6, 6.07) is 5.89. The summed E-state index contributed by atoms with van der Waals surface area (Å²) in [5.74, 6) is -0.284. The minimum absolute atomic E-state index is 0.284. The van der Waals surface area contributed by atoms with Gasteiger partial charge in [-0.1, -0.05) is 28.1 Å². The maximum absolute atomic E-state index is 12.8. The standard InChI is InChI=1S/C9H9BrF2/c10-6-9(12)5-7-1-3-8(11)4-2-7/h1-4,9H,5-6H2/t9-/m1/s1. The SMILES string of the molecule is Fc1ccc(C[C@@H](F)CBr)cc1. The highest BCUT2D eigenvalue weighted by Gasteiger charge is 2.04. The molecule has 1 aromatic rings. The first kappa shape index (κ1) is 9.65. The van der Waals surface area contributed by atoms with Crippen molar-refractivity contribution in [3.63, 3.8) is 0 Å². The van der Waals surface area contributed by atoms with Gasteiger partial charge in [0.05, 0.1) is 0 Å². The average molecular weight is 235 g/mol. The maximum Gasteiger partial charge on any atom is 0.123 e. The van der Waals surface area contributed by atoms with Crippen molar-refractivity contribution in [1.29, 1.82) is 0 Å². The monoisotopic (exact) mass is 234 g/mol. The van der Waals surface area contributed by atoms with Crippen molar-refractivity contribution in [2.45, 2.75) is 12.6 Å². The van der Waals surface area contributed by atoms with Crippen molar-refractivity contribution in [3.8, 4) is 0 Å². The molecule has 1 aromatic carbocycles. The third-order valence-corrected chi connectivity index (χ3v) is 2.24. The molecule has 0 bridgehead atoms. The van der Waals surface area contributed by atoms with Crippen LogP contribution in [0.1, 0.15) is 5.56 Å². The second-order valence-corrected chi connectivity index (χ2v) is 3.23. The van der Waals surface area contributed by atoms with E-state index in [1.165, 1.54) is 12.1 Å². The number of benzene rings is 1. The average Bonchev–Trinajstić information content (AvgIpc) is 2.09. The second kappa shape index (κ2) is 4.55. The molecule has 0 aromatic heterocycles. The lowest BCUT2D eigenvalue weighted by molar-refractivity contribution is 0.368. The molecule has 0 heterocycles. The molecule has 0 saturated heterocycles. The van der Waals surface area contributed by atoms with Crippen LogP contribution < -0.4 is 0 Å². The summed E-state index contributed by atoms with van der Waals surface area (Å²) in [4.78, 5) is 0. The third kappa shape index (κ3) is 2.89. The lowest BCUT2D eigenvalue weighted by atomic mass is 10.1. The van der Waals surface area contributed by atoms with Gasteiger partial charge in [-0.05, 0) is 17.7 Å². The van der Waals surface area contributed by atoms with Gasteiger partial charge in [0, 0.05) is 11.8 Å². The van der Waals surface area contributed by atoms with Crippen LogP contribution in [0.5, 0.6) is 0 Å². The Kier molecular flexibility index (Phi) is 3.66. The topological polar surface area (TPSA) is 0 Å². The second-order valence-electron chi connectivity index (χ2n) is 2.58. The van der Waals surface area contributed by atoms with E-state index < -0.39 is 6.17 Å². The minimum Gasteiger partial charge on any atom is -0.246 e. The zero-order valence-corrected chi connectivity index (χ0v) is 8.02. The van der Waals surface area contributed by atoms with Gasteiger partial charge in [0.15, 0.2) is 0 Å². The van der Waals surface area contributed by atoms with Gasteiger partial charge >= 0.3 is 0 Å². The van der Waals surface area contributed by atoms with Crippen molar-refractivity contribution in [3.05, 3.63) is 35.6 Å². The molecule has 0 N–H and O–H groups in total. The molecule has 1 rings (SSSR count). The molecular weight excluding hydrogens is 226 g/mol. The summed E-state index contributed by atoms with van der Waals surface area (Å²) in [5.41, 5.74) is 0.823. The molecule has 66 valence electrons. The van der Waals surface area contributed by atoms with Gasteiger partial charge in [-0.3, -0.25) is 0 Å². The summed E-state index contributed by atoms with van der Waals surface area (Å²) in [7, 11) is 0. The largest absolute Gasteiger partial charge is 0.246 e. The molecule has 1 atom stereocenters. The van der Waals surface area contributed by atoms with Gasteiger partial charge < -0.3 is 0 Å². The molecule has 0 aliphatic carbocycles. The van der Waals surface area contributed by atoms with Crippen LogP contribution in [0.2, 0.25) is 0 Å². The predicted molar refractivity (Wildman–Crippen MR) is 48.8 cm³/mol.